The van der Waals surface area contributed by atoms with E-state index in [-0.39, 0.29) is 0 Å². The van der Waals surface area contributed by atoms with Crippen LogP contribution in [0.5, 0.6) is 11.5 Å². The first kappa shape index (κ1) is 17.7. The Morgan fingerprint density at radius 3 is 2.97 bits per heavy atom. The van der Waals surface area contributed by atoms with Gasteiger partial charge < -0.3 is 19.3 Å². The van der Waals surface area contributed by atoms with Crippen LogP contribution in [0.2, 0.25) is 0 Å². The number of aromatic nitrogens is 3. The average molecular weight is 494 g/mol. The summed E-state index contributed by atoms with van der Waals surface area (Å²) in [5.74, 6) is 1.91. The minimum Gasteiger partial charge on any atom is -0.496 e. The van der Waals surface area contributed by atoms with Gasteiger partial charge in [-0.1, -0.05) is 11.8 Å². The number of benzene rings is 1. The normalized spacial score (nSPS) is 18.6. The van der Waals surface area contributed by atoms with Gasteiger partial charge in [-0.3, -0.25) is 0 Å². The predicted molar refractivity (Wildman–Crippen MR) is 118 cm³/mol. The predicted octanol–water partition coefficient (Wildman–Crippen LogP) is 5.41. The standard InChI is InChI=1S/C19H17BrN4O3S2/c1-9-14(21-18(20)28-9)8-26-15-4-11(25-3)5-16-12(15)6-17(27-16)13-7-24-19(22-13)29-10(2)23-24/h4-7,10,23H,8H2,1-3H3/i10D. The van der Waals surface area contributed by atoms with E-state index in [2.05, 4.69) is 31.3 Å². The van der Waals surface area contributed by atoms with E-state index in [4.69, 9.17) is 15.3 Å². The van der Waals surface area contributed by atoms with E-state index in [1.165, 1.54) is 11.8 Å². The molecule has 0 saturated carbocycles. The van der Waals surface area contributed by atoms with E-state index in [0.717, 1.165) is 25.0 Å². The molecule has 5 rings (SSSR count). The maximum atomic E-state index is 8.09. The first-order chi connectivity index (χ1) is 14.3. The number of ether oxygens (including phenoxy) is 2. The quantitative estimate of drug-likeness (QED) is 0.398. The van der Waals surface area contributed by atoms with Crippen LogP contribution in [0.25, 0.3) is 22.4 Å². The highest BCUT2D eigenvalue weighted by Crippen LogP contribution is 2.38. The molecule has 1 unspecified atom stereocenters. The maximum Gasteiger partial charge on any atom is 0.189 e. The molecule has 0 spiro atoms. The number of hydrogen-bond donors (Lipinski definition) is 1. The number of methoxy groups -OCH3 is 1. The number of thioether (sulfide) groups is 1. The number of furan rings is 1. The summed E-state index contributed by atoms with van der Waals surface area (Å²) in [6.07, 6.45) is 1.83. The first-order valence-corrected chi connectivity index (χ1v) is 11.2. The fraction of sp³-hybridized carbons (Fsp3) is 0.263. The molecule has 1 aliphatic heterocycles. The lowest BCUT2D eigenvalue weighted by molar-refractivity contribution is 0.302. The molecule has 3 aromatic heterocycles. The van der Waals surface area contributed by atoms with Crippen molar-refractivity contribution in [2.45, 2.75) is 31.0 Å². The molecule has 0 fully saturated rings. The average Bonchev–Trinajstić information content (AvgIpc) is 3.40. The Bertz CT molecular complexity index is 1240. The topological polar surface area (TPSA) is 74.3 Å². The van der Waals surface area contributed by atoms with Crippen molar-refractivity contribution in [3.63, 3.8) is 0 Å². The molecule has 0 amide bonds. The highest BCUT2D eigenvalue weighted by molar-refractivity contribution is 9.11. The SMILES string of the molecule is [2H]C1(C)Nn2cc(-c3cc4c(OCc5nc(Br)sc5C)cc(OC)cc4o3)nc2S1. The number of imidazole rings is 1. The number of nitrogens with one attached hydrogen (secondary N) is 1. The molecule has 7 nitrogen and oxygen atoms in total. The van der Waals surface area contributed by atoms with Crippen molar-refractivity contribution in [2.24, 2.45) is 0 Å². The lowest BCUT2D eigenvalue weighted by Crippen LogP contribution is -2.13. The largest absolute Gasteiger partial charge is 0.496 e. The summed E-state index contributed by atoms with van der Waals surface area (Å²) in [6, 6.07) is 5.58. The van der Waals surface area contributed by atoms with Gasteiger partial charge >= 0.3 is 0 Å². The molecule has 1 N–H and O–H groups in total. The lowest BCUT2D eigenvalue weighted by atomic mass is 10.2. The molecule has 0 aliphatic carbocycles. The third-order valence-corrected chi connectivity index (χ3v) is 6.82. The summed E-state index contributed by atoms with van der Waals surface area (Å²) in [5, 5.41) is 0.727. The summed E-state index contributed by atoms with van der Waals surface area (Å²) in [6.45, 7) is 4.15. The molecule has 10 heteroatoms. The molecule has 1 aromatic carbocycles. The lowest BCUT2D eigenvalue weighted by Gasteiger charge is -2.08. The first-order valence-electron chi connectivity index (χ1n) is 9.24. The highest BCUT2D eigenvalue weighted by atomic mass is 79.9. The Morgan fingerprint density at radius 2 is 2.24 bits per heavy atom. The van der Waals surface area contributed by atoms with Gasteiger partial charge in [0.1, 0.15) is 29.4 Å². The third-order valence-electron chi connectivity index (χ3n) is 4.49. The summed E-state index contributed by atoms with van der Waals surface area (Å²) in [4.78, 5) is 10.2. The molecule has 0 radical (unpaired) electrons. The number of halogens is 1. The number of nitrogens with zero attached hydrogens (tertiary/aromatic N) is 3. The zero-order chi connectivity index (χ0) is 21.0. The number of thiazole rings is 1. The summed E-state index contributed by atoms with van der Waals surface area (Å²) in [7, 11) is 1.61. The molecule has 4 aromatic rings. The van der Waals surface area contributed by atoms with E-state index < -0.39 is 5.35 Å². The zero-order valence-electron chi connectivity index (χ0n) is 16.8. The summed E-state index contributed by atoms with van der Waals surface area (Å²) < 4.78 is 28.3. The molecule has 0 saturated heterocycles. The van der Waals surface area contributed by atoms with E-state index in [1.807, 2.05) is 31.3 Å². The van der Waals surface area contributed by atoms with Crippen molar-refractivity contribution in [3.05, 3.63) is 38.9 Å². The van der Waals surface area contributed by atoms with Crippen molar-refractivity contribution in [2.75, 3.05) is 12.5 Å². The maximum absolute atomic E-state index is 8.09. The third kappa shape index (κ3) is 3.49. The Balaban J connectivity index is 1.49. The molecular formula is C19H17BrN4O3S2. The van der Waals surface area contributed by atoms with Crippen LogP contribution in [0.15, 0.2) is 37.9 Å². The van der Waals surface area contributed by atoms with Crippen molar-refractivity contribution >= 4 is 50.0 Å². The van der Waals surface area contributed by atoms with Crippen molar-refractivity contribution < 1.29 is 15.3 Å². The van der Waals surface area contributed by atoms with Gasteiger partial charge in [0.25, 0.3) is 0 Å². The number of fused-ring (bicyclic) bond motifs is 2. The Labute approximate surface area is 184 Å². The second kappa shape index (κ2) is 7.26. The Morgan fingerprint density at radius 1 is 1.38 bits per heavy atom. The molecule has 1 aliphatic rings. The monoisotopic (exact) mass is 493 g/mol. The van der Waals surface area contributed by atoms with Crippen LogP contribution in [0, 0.1) is 6.92 Å². The molecule has 29 heavy (non-hydrogen) atoms. The van der Waals surface area contributed by atoms with Crippen LogP contribution < -0.4 is 14.9 Å². The van der Waals surface area contributed by atoms with Crippen LogP contribution in [0.3, 0.4) is 0 Å². The minimum absolute atomic E-state index is 0.345. The Kier molecular flexibility index (Phi) is 4.42. The number of aryl methyl sites for hydroxylation is 1. The fourth-order valence-corrected chi connectivity index (χ4v) is 5.41. The van der Waals surface area contributed by atoms with Crippen LogP contribution in [-0.4, -0.2) is 27.1 Å². The van der Waals surface area contributed by atoms with E-state index in [1.54, 1.807) is 30.0 Å². The van der Waals surface area contributed by atoms with Gasteiger partial charge in [0.05, 0.1) is 31.1 Å². The van der Waals surface area contributed by atoms with Gasteiger partial charge in [-0.05, 0) is 35.8 Å². The van der Waals surface area contributed by atoms with Gasteiger partial charge in [0.2, 0.25) is 0 Å². The smallest absolute Gasteiger partial charge is 0.189 e. The van der Waals surface area contributed by atoms with Gasteiger partial charge in [-0.2, -0.15) is 0 Å². The number of rotatable bonds is 5. The second-order valence-corrected chi connectivity index (χ2v) is 10.1. The van der Waals surface area contributed by atoms with Crippen LogP contribution in [0.4, 0.5) is 0 Å². The highest BCUT2D eigenvalue weighted by Gasteiger charge is 2.23. The Hall–Kier alpha value is -2.17. The van der Waals surface area contributed by atoms with Gasteiger partial charge in [-0.15, -0.1) is 11.3 Å². The molecular weight excluding hydrogens is 476 g/mol. The van der Waals surface area contributed by atoms with Gasteiger partial charge in [-0.25, -0.2) is 14.6 Å². The zero-order valence-corrected chi connectivity index (χ0v) is 19.0. The van der Waals surface area contributed by atoms with Crippen LogP contribution in [0.1, 0.15) is 18.9 Å². The van der Waals surface area contributed by atoms with Crippen molar-refractivity contribution in [1.29, 1.82) is 0 Å². The van der Waals surface area contributed by atoms with Crippen LogP contribution >= 0.6 is 39.0 Å². The van der Waals surface area contributed by atoms with Gasteiger partial charge in [0, 0.05) is 17.0 Å². The van der Waals surface area contributed by atoms with Gasteiger partial charge in [0.15, 0.2) is 14.8 Å². The molecule has 1 atom stereocenters. The van der Waals surface area contributed by atoms with E-state index in [0.29, 0.717) is 35.1 Å². The summed E-state index contributed by atoms with van der Waals surface area (Å²) in [5.41, 5.74) is 5.28. The van der Waals surface area contributed by atoms with E-state index in [9.17, 15) is 0 Å². The number of hydrogen-bond acceptors (Lipinski definition) is 8. The second-order valence-electron chi connectivity index (χ2n) is 6.46. The van der Waals surface area contributed by atoms with E-state index >= 15 is 0 Å². The fourth-order valence-electron chi connectivity index (χ4n) is 3.08. The molecule has 0 bridgehead atoms. The summed E-state index contributed by atoms with van der Waals surface area (Å²) >= 11 is 6.34. The molecule has 150 valence electrons. The van der Waals surface area contributed by atoms with Crippen LogP contribution in [-0.2, 0) is 6.61 Å². The molecule has 4 heterocycles. The van der Waals surface area contributed by atoms with Crippen molar-refractivity contribution in [1.82, 2.24) is 14.6 Å². The minimum atomic E-state index is -0.827. The van der Waals surface area contributed by atoms with Crippen molar-refractivity contribution in [3.8, 4) is 23.0 Å².